The summed E-state index contributed by atoms with van der Waals surface area (Å²) in [5, 5.41) is 6.80. The van der Waals surface area contributed by atoms with Gasteiger partial charge in [0.2, 0.25) is 4.80 Å². The Balaban J connectivity index is 2.00. The number of hydrogen-bond donors (Lipinski definition) is 0. The Morgan fingerprint density at radius 1 is 1.08 bits per heavy atom. The molecule has 5 heteroatoms. The van der Waals surface area contributed by atoms with Gasteiger partial charge in [0.05, 0.1) is 11.9 Å². The second kappa shape index (κ2) is 8.13. The normalized spacial score (nSPS) is 12.2. The molecule has 3 aromatic rings. The predicted octanol–water partition coefficient (Wildman–Crippen LogP) is 4.74. The van der Waals surface area contributed by atoms with Crippen LogP contribution in [0.2, 0.25) is 0 Å². The third-order valence-corrected chi connectivity index (χ3v) is 5.08. The van der Waals surface area contributed by atoms with Crippen LogP contribution in [0.4, 0.5) is 0 Å². The van der Waals surface area contributed by atoms with Gasteiger partial charge in [0.1, 0.15) is 0 Å². The van der Waals surface area contributed by atoms with Crippen molar-refractivity contribution in [2.24, 2.45) is 10.1 Å². The molecule has 0 aliphatic heterocycles. The van der Waals surface area contributed by atoms with E-state index in [9.17, 15) is 0 Å². The summed E-state index contributed by atoms with van der Waals surface area (Å²) in [6, 6.07) is 18.7. The van der Waals surface area contributed by atoms with Crippen LogP contribution in [0.25, 0.3) is 11.3 Å². The average molecular weight is 354 g/mol. The third kappa shape index (κ3) is 3.86. The third-order valence-electron chi connectivity index (χ3n) is 3.49. The molecule has 0 saturated carbocycles. The summed E-state index contributed by atoms with van der Waals surface area (Å²) in [4.78, 5) is 6.72. The molecule has 0 saturated heterocycles. The molecule has 0 fully saturated rings. The van der Waals surface area contributed by atoms with Gasteiger partial charge in [0.15, 0.2) is 0 Å². The van der Waals surface area contributed by atoms with Crippen LogP contribution >= 0.6 is 23.1 Å². The standard InChI is InChI=1S/C19H19N3S2/c1-3-20-19-22(18(14-24-19)16-7-5-4-6-8-16)21-13-15-9-11-17(23-2)12-10-15/h4-14H,3H2,1-2H3. The summed E-state index contributed by atoms with van der Waals surface area (Å²) in [7, 11) is 0. The van der Waals surface area contributed by atoms with Crippen LogP contribution in [0.5, 0.6) is 0 Å². The zero-order valence-electron chi connectivity index (χ0n) is 13.7. The molecular formula is C19H19N3S2. The maximum Gasteiger partial charge on any atom is 0.206 e. The Labute approximate surface area is 150 Å². The lowest BCUT2D eigenvalue weighted by molar-refractivity contribution is 0.833. The first-order valence-electron chi connectivity index (χ1n) is 7.76. The van der Waals surface area contributed by atoms with E-state index in [4.69, 9.17) is 0 Å². The van der Waals surface area contributed by atoms with Gasteiger partial charge < -0.3 is 0 Å². The first-order valence-corrected chi connectivity index (χ1v) is 9.87. The lowest BCUT2D eigenvalue weighted by Gasteiger charge is -2.03. The molecule has 0 bridgehead atoms. The number of rotatable bonds is 5. The van der Waals surface area contributed by atoms with Crippen LogP contribution < -0.4 is 4.80 Å². The molecule has 0 atom stereocenters. The Hall–Kier alpha value is -2.11. The van der Waals surface area contributed by atoms with Gasteiger partial charge in [-0.2, -0.15) is 5.10 Å². The number of nitrogens with zero attached hydrogens (tertiary/aromatic N) is 3. The van der Waals surface area contributed by atoms with Gasteiger partial charge in [-0.3, -0.25) is 4.99 Å². The van der Waals surface area contributed by atoms with E-state index in [-0.39, 0.29) is 0 Å². The Morgan fingerprint density at radius 2 is 1.83 bits per heavy atom. The molecule has 0 aliphatic carbocycles. The van der Waals surface area contributed by atoms with E-state index in [2.05, 4.69) is 58.1 Å². The second-order valence-electron chi connectivity index (χ2n) is 5.07. The minimum absolute atomic E-state index is 0.743. The van der Waals surface area contributed by atoms with Crippen molar-refractivity contribution < 1.29 is 0 Å². The molecule has 0 spiro atoms. The average Bonchev–Trinajstić information content (AvgIpc) is 3.04. The summed E-state index contributed by atoms with van der Waals surface area (Å²) >= 11 is 3.36. The van der Waals surface area contributed by atoms with Gasteiger partial charge >= 0.3 is 0 Å². The molecule has 122 valence electrons. The highest BCUT2D eigenvalue weighted by molar-refractivity contribution is 7.98. The number of hydrogen-bond acceptors (Lipinski definition) is 4. The van der Waals surface area contributed by atoms with Crippen LogP contribution in [-0.4, -0.2) is 23.7 Å². The molecule has 0 radical (unpaired) electrons. The Morgan fingerprint density at radius 3 is 2.50 bits per heavy atom. The van der Waals surface area contributed by atoms with E-state index in [1.807, 2.05) is 36.0 Å². The van der Waals surface area contributed by atoms with Gasteiger partial charge in [-0.25, -0.2) is 4.68 Å². The van der Waals surface area contributed by atoms with Gasteiger partial charge in [0.25, 0.3) is 0 Å². The summed E-state index contributed by atoms with van der Waals surface area (Å²) < 4.78 is 1.92. The quantitative estimate of drug-likeness (QED) is 0.481. The van der Waals surface area contributed by atoms with E-state index in [0.717, 1.165) is 28.2 Å². The maximum absolute atomic E-state index is 4.69. The van der Waals surface area contributed by atoms with Gasteiger partial charge in [0, 0.05) is 22.4 Å². The predicted molar refractivity (Wildman–Crippen MR) is 105 cm³/mol. The molecular weight excluding hydrogens is 334 g/mol. The van der Waals surface area contributed by atoms with Gasteiger partial charge in [-0.15, -0.1) is 23.1 Å². The number of thiazole rings is 1. The molecule has 0 unspecified atom stereocenters. The molecule has 2 aromatic carbocycles. The molecule has 3 rings (SSSR count). The van der Waals surface area contributed by atoms with Crippen LogP contribution in [0.1, 0.15) is 12.5 Å². The first-order chi connectivity index (χ1) is 11.8. The fraction of sp³-hybridized carbons (Fsp3) is 0.158. The smallest absolute Gasteiger partial charge is 0.206 e. The molecule has 0 amide bonds. The molecule has 24 heavy (non-hydrogen) atoms. The first kappa shape index (κ1) is 16.7. The minimum atomic E-state index is 0.743. The Bertz CT molecular complexity index is 875. The summed E-state index contributed by atoms with van der Waals surface area (Å²) in [6.45, 7) is 2.78. The summed E-state index contributed by atoms with van der Waals surface area (Å²) in [6.07, 6.45) is 3.97. The van der Waals surface area contributed by atoms with Crippen LogP contribution in [0, 0.1) is 0 Å². The van der Waals surface area contributed by atoms with Crippen molar-refractivity contribution in [1.29, 1.82) is 0 Å². The highest BCUT2D eigenvalue weighted by Gasteiger charge is 2.06. The topological polar surface area (TPSA) is 29.6 Å². The summed E-state index contributed by atoms with van der Waals surface area (Å²) in [5.41, 5.74) is 3.28. The van der Waals surface area contributed by atoms with E-state index in [1.54, 1.807) is 23.1 Å². The van der Waals surface area contributed by atoms with Crippen molar-refractivity contribution in [2.45, 2.75) is 11.8 Å². The van der Waals surface area contributed by atoms with E-state index < -0.39 is 0 Å². The van der Waals surface area contributed by atoms with Crippen LogP contribution in [0.3, 0.4) is 0 Å². The monoisotopic (exact) mass is 353 g/mol. The molecule has 1 aromatic heterocycles. The van der Waals surface area contributed by atoms with Crippen molar-refractivity contribution in [3.05, 3.63) is 70.3 Å². The zero-order valence-corrected chi connectivity index (χ0v) is 15.3. The summed E-state index contributed by atoms with van der Waals surface area (Å²) in [5.74, 6) is 0. The van der Waals surface area contributed by atoms with E-state index in [1.165, 1.54) is 4.90 Å². The van der Waals surface area contributed by atoms with Crippen molar-refractivity contribution in [3.63, 3.8) is 0 Å². The number of aromatic nitrogens is 1. The van der Waals surface area contributed by atoms with Gasteiger partial charge in [-0.1, -0.05) is 42.5 Å². The second-order valence-corrected chi connectivity index (χ2v) is 6.79. The number of benzene rings is 2. The van der Waals surface area contributed by atoms with E-state index in [0.29, 0.717) is 0 Å². The minimum Gasteiger partial charge on any atom is -0.258 e. The van der Waals surface area contributed by atoms with Crippen molar-refractivity contribution >= 4 is 29.3 Å². The molecule has 1 heterocycles. The highest BCUT2D eigenvalue weighted by Crippen LogP contribution is 2.20. The van der Waals surface area contributed by atoms with Crippen molar-refractivity contribution in [3.8, 4) is 11.3 Å². The number of thioether (sulfide) groups is 1. The molecule has 0 aliphatic rings. The van der Waals surface area contributed by atoms with E-state index >= 15 is 0 Å². The van der Waals surface area contributed by atoms with Crippen molar-refractivity contribution in [1.82, 2.24) is 4.68 Å². The molecule has 3 nitrogen and oxygen atoms in total. The molecule has 0 N–H and O–H groups in total. The maximum atomic E-state index is 4.69. The van der Waals surface area contributed by atoms with Crippen LogP contribution in [-0.2, 0) is 0 Å². The fourth-order valence-corrected chi connectivity index (χ4v) is 3.59. The lowest BCUT2D eigenvalue weighted by Crippen LogP contribution is -2.12. The lowest BCUT2D eigenvalue weighted by atomic mass is 10.2. The largest absolute Gasteiger partial charge is 0.258 e. The zero-order chi connectivity index (χ0) is 16.8. The highest BCUT2D eigenvalue weighted by atomic mass is 32.2. The van der Waals surface area contributed by atoms with Gasteiger partial charge in [-0.05, 0) is 30.9 Å². The van der Waals surface area contributed by atoms with Crippen LogP contribution in [0.15, 0.2) is 75.0 Å². The SMILES string of the molecule is CCN=c1scc(-c2ccccc2)n1N=Cc1ccc(SC)cc1. The fourth-order valence-electron chi connectivity index (χ4n) is 2.28. The van der Waals surface area contributed by atoms with Crippen molar-refractivity contribution in [2.75, 3.05) is 12.8 Å². The Kier molecular flexibility index (Phi) is 5.67.